The predicted molar refractivity (Wildman–Crippen MR) is 81.1 cm³/mol. The number of rotatable bonds is 5. The molecule has 0 amide bonds. The largest absolute Gasteiger partial charge is 0.491 e. The number of para-hydroxylation sites is 1. The Morgan fingerprint density at radius 3 is 2.47 bits per heavy atom. The molecule has 1 N–H and O–H groups in total. The molecular weight excluding hydrogens is 234 g/mol. The standard InChI is InChI=1S/C17H21NO/c1-13-8-9-16(15(3)12-13)18-10-11-19-17-7-5-4-6-14(17)2/h4-9,12,18H,10-11H2,1-3H3. The normalized spacial score (nSPS) is 10.3. The van der Waals surface area contributed by atoms with Crippen molar-refractivity contribution in [1.82, 2.24) is 0 Å². The zero-order chi connectivity index (χ0) is 13.7. The molecule has 0 spiro atoms. The molecule has 0 heterocycles. The number of ether oxygens (including phenoxy) is 1. The van der Waals surface area contributed by atoms with Gasteiger partial charge in [-0.15, -0.1) is 0 Å². The first kappa shape index (κ1) is 13.5. The van der Waals surface area contributed by atoms with Crippen LogP contribution in [0.4, 0.5) is 5.69 Å². The summed E-state index contributed by atoms with van der Waals surface area (Å²) in [6.45, 7) is 7.76. The van der Waals surface area contributed by atoms with Crippen LogP contribution in [0.1, 0.15) is 16.7 Å². The minimum absolute atomic E-state index is 0.665. The van der Waals surface area contributed by atoms with Crippen LogP contribution in [0, 0.1) is 20.8 Å². The van der Waals surface area contributed by atoms with Crippen molar-refractivity contribution in [2.45, 2.75) is 20.8 Å². The summed E-state index contributed by atoms with van der Waals surface area (Å²) in [5.41, 5.74) is 4.92. The molecule has 0 saturated heterocycles. The van der Waals surface area contributed by atoms with Crippen LogP contribution in [-0.4, -0.2) is 13.2 Å². The molecule has 19 heavy (non-hydrogen) atoms. The lowest BCUT2D eigenvalue weighted by Gasteiger charge is -2.12. The number of anilines is 1. The van der Waals surface area contributed by atoms with Crippen LogP contribution < -0.4 is 10.1 Å². The number of hydrogen-bond donors (Lipinski definition) is 1. The average Bonchev–Trinajstić information content (AvgIpc) is 2.38. The van der Waals surface area contributed by atoms with Crippen LogP contribution in [0.5, 0.6) is 5.75 Å². The van der Waals surface area contributed by atoms with Crippen molar-refractivity contribution in [3.63, 3.8) is 0 Å². The summed E-state index contributed by atoms with van der Waals surface area (Å²) >= 11 is 0. The fourth-order valence-corrected chi connectivity index (χ4v) is 2.08. The summed E-state index contributed by atoms with van der Waals surface area (Å²) in [7, 11) is 0. The van der Waals surface area contributed by atoms with Gasteiger partial charge >= 0.3 is 0 Å². The third kappa shape index (κ3) is 3.75. The van der Waals surface area contributed by atoms with Gasteiger partial charge < -0.3 is 10.1 Å². The minimum atomic E-state index is 0.665. The molecule has 0 bridgehead atoms. The number of benzene rings is 2. The summed E-state index contributed by atoms with van der Waals surface area (Å²) in [5.74, 6) is 0.963. The highest BCUT2D eigenvalue weighted by Crippen LogP contribution is 2.17. The summed E-state index contributed by atoms with van der Waals surface area (Å²) in [6.07, 6.45) is 0. The van der Waals surface area contributed by atoms with E-state index in [0.717, 1.165) is 12.3 Å². The molecule has 2 nitrogen and oxygen atoms in total. The van der Waals surface area contributed by atoms with Crippen LogP contribution in [0.15, 0.2) is 42.5 Å². The molecule has 0 unspecified atom stereocenters. The van der Waals surface area contributed by atoms with Gasteiger partial charge in [-0.1, -0.05) is 35.9 Å². The van der Waals surface area contributed by atoms with E-state index in [9.17, 15) is 0 Å². The van der Waals surface area contributed by atoms with Gasteiger partial charge in [0, 0.05) is 12.2 Å². The quantitative estimate of drug-likeness (QED) is 0.812. The molecular formula is C17H21NO. The van der Waals surface area contributed by atoms with Crippen molar-refractivity contribution in [2.75, 3.05) is 18.5 Å². The SMILES string of the molecule is Cc1ccc(NCCOc2ccccc2C)c(C)c1. The molecule has 0 aliphatic heterocycles. The molecule has 0 fully saturated rings. The van der Waals surface area contributed by atoms with Gasteiger partial charge in [-0.3, -0.25) is 0 Å². The summed E-state index contributed by atoms with van der Waals surface area (Å²) in [5, 5.41) is 3.40. The van der Waals surface area contributed by atoms with Crippen LogP contribution in [0.25, 0.3) is 0 Å². The second-order valence-corrected chi connectivity index (χ2v) is 4.86. The molecule has 0 radical (unpaired) electrons. The van der Waals surface area contributed by atoms with Crippen molar-refractivity contribution in [3.8, 4) is 5.75 Å². The van der Waals surface area contributed by atoms with Crippen molar-refractivity contribution in [2.24, 2.45) is 0 Å². The molecule has 0 aliphatic rings. The molecule has 2 aromatic carbocycles. The predicted octanol–water partition coefficient (Wildman–Crippen LogP) is 4.10. The van der Waals surface area contributed by atoms with Crippen LogP contribution >= 0.6 is 0 Å². The summed E-state index contributed by atoms with van der Waals surface area (Å²) in [6, 6.07) is 14.5. The lowest BCUT2D eigenvalue weighted by atomic mass is 10.1. The van der Waals surface area contributed by atoms with Crippen LogP contribution in [0.2, 0.25) is 0 Å². The lowest BCUT2D eigenvalue weighted by Crippen LogP contribution is -2.12. The first-order chi connectivity index (χ1) is 9.16. The zero-order valence-corrected chi connectivity index (χ0v) is 11.9. The number of nitrogens with one attached hydrogen (secondary N) is 1. The van der Waals surface area contributed by atoms with E-state index in [1.807, 2.05) is 18.2 Å². The van der Waals surface area contributed by atoms with Crippen molar-refractivity contribution >= 4 is 5.69 Å². The molecule has 0 aliphatic carbocycles. The van der Waals surface area contributed by atoms with Gasteiger partial charge in [-0.25, -0.2) is 0 Å². The molecule has 0 atom stereocenters. The van der Waals surface area contributed by atoms with Crippen LogP contribution in [-0.2, 0) is 0 Å². The van der Waals surface area contributed by atoms with Crippen molar-refractivity contribution < 1.29 is 4.74 Å². The highest BCUT2D eigenvalue weighted by molar-refractivity contribution is 5.51. The van der Waals surface area contributed by atoms with E-state index in [4.69, 9.17) is 4.74 Å². The van der Waals surface area contributed by atoms with E-state index in [2.05, 4.69) is 50.4 Å². The van der Waals surface area contributed by atoms with E-state index < -0.39 is 0 Å². The van der Waals surface area contributed by atoms with Crippen molar-refractivity contribution in [1.29, 1.82) is 0 Å². The molecule has 2 heteroatoms. The molecule has 2 rings (SSSR count). The topological polar surface area (TPSA) is 21.3 Å². The number of hydrogen-bond acceptors (Lipinski definition) is 2. The third-order valence-electron chi connectivity index (χ3n) is 3.15. The molecule has 100 valence electrons. The van der Waals surface area contributed by atoms with Gasteiger partial charge in [0.25, 0.3) is 0 Å². The van der Waals surface area contributed by atoms with Gasteiger partial charge in [-0.05, 0) is 44.0 Å². The molecule has 0 aromatic heterocycles. The van der Waals surface area contributed by atoms with E-state index in [0.29, 0.717) is 6.61 Å². The maximum Gasteiger partial charge on any atom is 0.122 e. The van der Waals surface area contributed by atoms with Crippen LogP contribution in [0.3, 0.4) is 0 Å². The van der Waals surface area contributed by atoms with Gasteiger partial charge in [0.1, 0.15) is 12.4 Å². The Kier molecular flexibility index (Phi) is 4.45. The Hall–Kier alpha value is -1.96. The smallest absolute Gasteiger partial charge is 0.122 e. The summed E-state index contributed by atoms with van der Waals surface area (Å²) in [4.78, 5) is 0. The summed E-state index contributed by atoms with van der Waals surface area (Å²) < 4.78 is 5.76. The molecule has 2 aromatic rings. The second-order valence-electron chi connectivity index (χ2n) is 4.86. The first-order valence-corrected chi connectivity index (χ1v) is 6.66. The van der Waals surface area contributed by atoms with Gasteiger partial charge in [0.15, 0.2) is 0 Å². The maximum absolute atomic E-state index is 5.76. The van der Waals surface area contributed by atoms with E-state index in [1.54, 1.807) is 0 Å². The average molecular weight is 255 g/mol. The first-order valence-electron chi connectivity index (χ1n) is 6.66. The lowest BCUT2D eigenvalue weighted by molar-refractivity contribution is 0.330. The van der Waals surface area contributed by atoms with E-state index in [-0.39, 0.29) is 0 Å². The Balaban J connectivity index is 1.83. The highest BCUT2D eigenvalue weighted by Gasteiger charge is 1.99. The fourth-order valence-electron chi connectivity index (χ4n) is 2.08. The Labute approximate surface area is 115 Å². The zero-order valence-electron chi connectivity index (χ0n) is 11.9. The highest BCUT2D eigenvalue weighted by atomic mass is 16.5. The van der Waals surface area contributed by atoms with Gasteiger partial charge in [0.05, 0.1) is 0 Å². The Bertz CT molecular complexity index is 549. The van der Waals surface area contributed by atoms with Gasteiger partial charge in [-0.2, -0.15) is 0 Å². The fraction of sp³-hybridized carbons (Fsp3) is 0.294. The van der Waals surface area contributed by atoms with E-state index >= 15 is 0 Å². The number of aryl methyl sites for hydroxylation is 3. The Morgan fingerprint density at radius 2 is 1.74 bits per heavy atom. The third-order valence-corrected chi connectivity index (χ3v) is 3.15. The van der Waals surface area contributed by atoms with E-state index in [1.165, 1.54) is 22.4 Å². The van der Waals surface area contributed by atoms with Gasteiger partial charge in [0.2, 0.25) is 0 Å². The second kappa shape index (κ2) is 6.28. The minimum Gasteiger partial charge on any atom is -0.491 e. The monoisotopic (exact) mass is 255 g/mol. The molecule has 0 saturated carbocycles. The Morgan fingerprint density at radius 1 is 0.947 bits per heavy atom. The maximum atomic E-state index is 5.76. The van der Waals surface area contributed by atoms with Crippen molar-refractivity contribution in [3.05, 3.63) is 59.2 Å².